The largest absolute Gasteiger partial charge is 0.419 e. The topological polar surface area (TPSA) is 92.6 Å². The standard InChI is InChI=1S/C30H24F5N7O/c31-21-4-1-18(2-5-21)17-40-9-11-41(12-10-40)29(43)22-6-3-19(14-24(22)32)26-16-37-27-8-7-25(39-42(26)27)20-13-23(30(33,34)35)28(36)38-15-20/h1-8,13-16H,9-12,17H2,(H2,36,38). The lowest BCUT2D eigenvalue weighted by molar-refractivity contribution is -0.137. The predicted octanol–water partition coefficient (Wildman–Crippen LogP) is 5.30. The van der Waals surface area contributed by atoms with Crippen molar-refractivity contribution in [3.8, 4) is 22.5 Å². The van der Waals surface area contributed by atoms with E-state index in [0.717, 1.165) is 11.6 Å². The molecule has 13 heteroatoms. The number of imidazole rings is 1. The molecule has 1 saturated heterocycles. The van der Waals surface area contributed by atoms with E-state index in [4.69, 9.17) is 5.73 Å². The van der Waals surface area contributed by atoms with Crippen LogP contribution in [0, 0.1) is 11.6 Å². The quantitative estimate of drug-likeness (QED) is 0.278. The number of benzene rings is 2. The first-order valence-corrected chi connectivity index (χ1v) is 13.3. The number of alkyl halides is 3. The number of carbonyl (C=O) groups excluding carboxylic acids is 1. The van der Waals surface area contributed by atoms with Gasteiger partial charge in [0.15, 0.2) is 5.65 Å². The molecule has 6 rings (SSSR count). The van der Waals surface area contributed by atoms with Crippen molar-refractivity contribution in [1.82, 2.24) is 29.4 Å². The van der Waals surface area contributed by atoms with E-state index in [2.05, 4.69) is 20.0 Å². The van der Waals surface area contributed by atoms with Gasteiger partial charge >= 0.3 is 6.18 Å². The summed E-state index contributed by atoms with van der Waals surface area (Å²) in [4.78, 5) is 24.8. The zero-order valence-electron chi connectivity index (χ0n) is 22.5. The summed E-state index contributed by atoms with van der Waals surface area (Å²) >= 11 is 0. The third kappa shape index (κ3) is 5.75. The van der Waals surface area contributed by atoms with Crippen molar-refractivity contribution in [1.29, 1.82) is 0 Å². The summed E-state index contributed by atoms with van der Waals surface area (Å²) in [6.45, 7) is 2.63. The molecule has 0 atom stereocenters. The molecule has 8 nitrogen and oxygen atoms in total. The minimum Gasteiger partial charge on any atom is -0.383 e. The number of pyridine rings is 1. The van der Waals surface area contributed by atoms with E-state index >= 15 is 4.39 Å². The monoisotopic (exact) mass is 593 g/mol. The average Bonchev–Trinajstić information content (AvgIpc) is 3.41. The van der Waals surface area contributed by atoms with Crippen molar-refractivity contribution >= 4 is 17.4 Å². The van der Waals surface area contributed by atoms with Gasteiger partial charge < -0.3 is 10.6 Å². The van der Waals surface area contributed by atoms with Crippen LogP contribution in [0.3, 0.4) is 0 Å². The fourth-order valence-electron chi connectivity index (χ4n) is 5.04. The Morgan fingerprint density at radius 3 is 2.30 bits per heavy atom. The minimum atomic E-state index is -4.69. The smallest absolute Gasteiger partial charge is 0.383 e. The second-order valence-corrected chi connectivity index (χ2v) is 10.2. The van der Waals surface area contributed by atoms with Crippen molar-refractivity contribution in [2.24, 2.45) is 0 Å². The zero-order valence-corrected chi connectivity index (χ0v) is 22.5. The Labute approximate surface area is 242 Å². The van der Waals surface area contributed by atoms with Crippen LogP contribution < -0.4 is 5.73 Å². The fraction of sp³-hybridized carbons (Fsp3) is 0.200. The van der Waals surface area contributed by atoms with Gasteiger partial charge in [0, 0.05) is 50.0 Å². The Morgan fingerprint density at radius 2 is 1.60 bits per heavy atom. The third-order valence-corrected chi connectivity index (χ3v) is 7.36. The summed E-state index contributed by atoms with van der Waals surface area (Å²) < 4.78 is 70.0. The van der Waals surface area contributed by atoms with E-state index in [0.29, 0.717) is 49.6 Å². The number of piperazine rings is 1. The van der Waals surface area contributed by atoms with Gasteiger partial charge in [0.25, 0.3) is 5.91 Å². The van der Waals surface area contributed by atoms with Crippen LogP contribution in [0.25, 0.3) is 28.2 Å². The summed E-state index contributed by atoms with van der Waals surface area (Å²) in [5.74, 6) is -2.09. The van der Waals surface area contributed by atoms with Gasteiger partial charge in [-0.3, -0.25) is 9.69 Å². The molecule has 1 amide bonds. The molecule has 4 heterocycles. The number of amides is 1. The second-order valence-electron chi connectivity index (χ2n) is 10.2. The highest BCUT2D eigenvalue weighted by atomic mass is 19.4. The first-order valence-electron chi connectivity index (χ1n) is 13.3. The molecular formula is C30H24F5N7O. The lowest BCUT2D eigenvalue weighted by Gasteiger charge is -2.34. The van der Waals surface area contributed by atoms with Crippen LogP contribution in [0.15, 0.2) is 73.1 Å². The number of nitrogens with two attached hydrogens (primary N) is 1. The average molecular weight is 594 g/mol. The maximum Gasteiger partial charge on any atom is 0.419 e. The highest BCUT2D eigenvalue weighted by Gasteiger charge is 2.34. The summed E-state index contributed by atoms with van der Waals surface area (Å²) in [5, 5.41) is 4.42. The zero-order chi connectivity index (χ0) is 30.3. The number of hydrogen-bond acceptors (Lipinski definition) is 6. The van der Waals surface area contributed by atoms with Crippen molar-refractivity contribution in [2.75, 3.05) is 31.9 Å². The number of nitrogen functional groups attached to an aromatic ring is 1. The molecule has 2 N–H and O–H groups in total. The summed E-state index contributed by atoms with van der Waals surface area (Å²) in [5.41, 5.74) is 6.64. The summed E-state index contributed by atoms with van der Waals surface area (Å²) in [6, 6.07) is 14.4. The summed E-state index contributed by atoms with van der Waals surface area (Å²) in [7, 11) is 0. The van der Waals surface area contributed by atoms with Crippen LogP contribution in [-0.2, 0) is 12.7 Å². The maximum absolute atomic E-state index is 15.3. The van der Waals surface area contributed by atoms with Crippen LogP contribution >= 0.6 is 0 Å². The molecule has 3 aromatic heterocycles. The molecule has 0 saturated carbocycles. The molecule has 0 aliphatic carbocycles. The molecule has 220 valence electrons. The predicted molar refractivity (Wildman–Crippen MR) is 149 cm³/mol. The van der Waals surface area contributed by atoms with Crippen LogP contribution in [0.2, 0.25) is 0 Å². The maximum atomic E-state index is 15.3. The van der Waals surface area contributed by atoms with E-state index in [1.807, 2.05) is 0 Å². The molecule has 0 bridgehead atoms. The number of rotatable bonds is 5. The lowest BCUT2D eigenvalue weighted by Crippen LogP contribution is -2.48. The molecule has 1 aliphatic rings. The fourth-order valence-corrected chi connectivity index (χ4v) is 5.04. The van der Waals surface area contributed by atoms with Crippen LogP contribution in [0.5, 0.6) is 0 Å². The number of halogens is 5. The number of nitrogens with zero attached hydrogens (tertiary/aromatic N) is 6. The molecule has 2 aromatic carbocycles. The molecule has 0 radical (unpaired) electrons. The van der Waals surface area contributed by atoms with E-state index in [9.17, 15) is 22.4 Å². The second kappa shape index (κ2) is 11.1. The molecule has 1 fully saturated rings. The number of aromatic nitrogens is 4. The molecule has 5 aromatic rings. The Balaban J connectivity index is 1.20. The van der Waals surface area contributed by atoms with Gasteiger partial charge in [-0.05, 0) is 48.0 Å². The van der Waals surface area contributed by atoms with Crippen LogP contribution in [-0.4, -0.2) is 61.5 Å². The number of fused-ring (bicyclic) bond motifs is 1. The van der Waals surface area contributed by atoms with Crippen molar-refractivity contribution in [2.45, 2.75) is 12.7 Å². The van der Waals surface area contributed by atoms with Crippen molar-refractivity contribution < 1.29 is 26.7 Å². The normalized spacial score (nSPS) is 14.4. The van der Waals surface area contributed by atoms with Gasteiger partial charge in [-0.1, -0.05) is 18.2 Å². The molecule has 0 spiro atoms. The van der Waals surface area contributed by atoms with E-state index in [1.54, 1.807) is 29.2 Å². The van der Waals surface area contributed by atoms with Gasteiger partial charge in [0.05, 0.1) is 28.7 Å². The lowest BCUT2D eigenvalue weighted by atomic mass is 10.1. The van der Waals surface area contributed by atoms with E-state index in [-0.39, 0.29) is 22.6 Å². The van der Waals surface area contributed by atoms with Crippen molar-refractivity contribution in [3.05, 3.63) is 101 Å². The SMILES string of the molecule is Nc1ncc(-c2ccc3ncc(-c4ccc(C(=O)N5CCN(Cc6ccc(F)cc6)CC5)c(F)c4)n3n2)cc1C(F)(F)F. The molecule has 0 unspecified atom stereocenters. The summed E-state index contributed by atoms with van der Waals surface area (Å²) in [6.07, 6.45) is -2.03. The van der Waals surface area contributed by atoms with Gasteiger partial charge in [-0.15, -0.1) is 0 Å². The van der Waals surface area contributed by atoms with Crippen LogP contribution in [0.1, 0.15) is 21.5 Å². The third-order valence-electron chi connectivity index (χ3n) is 7.36. The molecule has 43 heavy (non-hydrogen) atoms. The van der Waals surface area contributed by atoms with Crippen LogP contribution in [0.4, 0.5) is 27.8 Å². The van der Waals surface area contributed by atoms with Crippen molar-refractivity contribution in [3.63, 3.8) is 0 Å². The highest BCUT2D eigenvalue weighted by molar-refractivity contribution is 5.95. The van der Waals surface area contributed by atoms with Gasteiger partial charge in [-0.25, -0.2) is 23.3 Å². The highest BCUT2D eigenvalue weighted by Crippen LogP contribution is 2.35. The first kappa shape index (κ1) is 28.2. The molecule has 1 aliphatic heterocycles. The first-order chi connectivity index (χ1) is 20.6. The Bertz CT molecular complexity index is 1810. The Kier molecular flexibility index (Phi) is 7.26. The Morgan fingerprint density at radius 1 is 0.860 bits per heavy atom. The molecular weight excluding hydrogens is 569 g/mol. The Hall–Kier alpha value is -4.91. The van der Waals surface area contributed by atoms with Gasteiger partial charge in [-0.2, -0.15) is 18.3 Å². The van der Waals surface area contributed by atoms with E-state index in [1.165, 1.54) is 47.2 Å². The number of carbonyl (C=O) groups is 1. The minimum absolute atomic E-state index is 0.0779. The number of hydrogen-bond donors (Lipinski definition) is 1. The van der Waals surface area contributed by atoms with Gasteiger partial charge in [0.1, 0.15) is 17.5 Å². The number of anilines is 1. The van der Waals surface area contributed by atoms with E-state index < -0.39 is 29.3 Å². The van der Waals surface area contributed by atoms with Gasteiger partial charge in [0.2, 0.25) is 0 Å².